The number of nitrogens with one attached hydrogen (secondary N) is 2. The van der Waals surface area contributed by atoms with Crippen LogP contribution >= 0.6 is 24.8 Å². The van der Waals surface area contributed by atoms with E-state index in [9.17, 15) is 9.59 Å². The lowest BCUT2D eigenvalue weighted by atomic mass is 9.99. The molecule has 0 saturated carbocycles. The second-order valence-electron chi connectivity index (χ2n) is 8.36. The molecule has 0 radical (unpaired) electrons. The average molecular weight is 483 g/mol. The summed E-state index contributed by atoms with van der Waals surface area (Å²) in [5.74, 6) is 1.04. The first-order chi connectivity index (χ1) is 14.6. The fourth-order valence-corrected chi connectivity index (χ4v) is 4.42. The van der Waals surface area contributed by atoms with Crippen LogP contribution in [0.2, 0.25) is 0 Å². The van der Waals surface area contributed by atoms with Crippen molar-refractivity contribution < 1.29 is 4.79 Å². The first kappa shape index (κ1) is 26.1. The van der Waals surface area contributed by atoms with Crippen LogP contribution in [0.25, 0.3) is 0 Å². The number of carbonyl (C=O) groups excluding carboxylic acids is 1. The average Bonchev–Trinajstić information content (AvgIpc) is 2.78. The van der Waals surface area contributed by atoms with Gasteiger partial charge in [0.15, 0.2) is 5.82 Å². The molecule has 2 saturated heterocycles. The van der Waals surface area contributed by atoms with E-state index in [-0.39, 0.29) is 47.9 Å². The van der Waals surface area contributed by atoms with Gasteiger partial charge in [0, 0.05) is 38.1 Å². The second-order valence-corrected chi connectivity index (χ2v) is 8.36. The maximum absolute atomic E-state index is 13.0. The zero-order chi connectivity index (χ0) is 20.9. The summed E-state index contributed by atoms with van der Waals surface area (Å²) >= 11 is 0. The number of halogens is 2. The summed E-state index contributed by atoms with van der Waals surface area (Å²) in [5, 5.41) is 14.6. The summed E-state index contributed by atoms with van der Waals surface area (Å²) in [7, 11) is 0. The molecule has 10 heteroatoms. The van der Waals surface area contributed by atoms with Crippen molar-refractivity contribution in [2.24, 2.45) is 5.92 Å². The van der Waals surface area contributed by atoms with Gasteiger partial charge in [-0.2, -0.15) is 5.10 Å². The molecule has 1 unspecified atom stereocenters. The Bertz CT molecular complexity index is 926. The molecule has 2 aliphatic rings. The molecule has 1 amide bonds. The highest BCUT2D eigenvalue weighted by Gasteiger charge is 2.24. The van der Waals surface area contributed by atoms with E-state index in [0.29, 0.717) is 12.5 Å². The number of anilines is 1. The van der Waals surface area contributed by atoms with Gasteiger partial charge in [0.25, 0.3) is 11.5 Å². The number of rotatable bonds is 5. The zero-order valence-corrected chi connectivity index (χ0v) is 20.0. The first-order valence-electron chi connectivity index (χ1n) is 10.9. The molecule has 32 heavy (non-hydrogen) atoms. The molecular weight excluding hydrogens is 451 g/mol. The lowest BCUT2D eigenvalue weighted by molar-refractivity contribution is 0.0928. The molecule has 2 fully saturated rings. The van der Waals surface area contributed by atoms with E-state index in [4.69, 9.17) is 0 Å². The second kappa shape index (κ2) is 12.2. The summed E-state index contributed by atoms with van der Waals surface area (Å²) < 4.78 is 1.70. The van der Waals surface area contributed by atoms with Gasteiger partial charge in [-0.05, 0) is 75.4 Å². The molecule has 4 rings (SSSR count). The van der Waals surface area contributed by atoms with Crippen LogP contribution in [0.4, 0.5) is 5.82 Å². The van der Waals surface area contributed by atoms with Crippen molar-refractivity contribution in [2.75, 3.05) is 31.1 Å². The molecule has 2 aromatic rings. The van der Waals surface area contributed by atoms with Gasteiger partial charge in [-0.15, -0.1) is 29.9 Å². The minimum Gasteiger partial charge on any atom is -0.355 e. The number of aromatic nitrogens is 3. The van der Waals surface area contributed by atoms with Crippen LogP contribution in [0.3, 0.4) is 0 Å². The van der Waals surface area contributed by atoms with Crippen LogP contribution in [0, 0.1) is 12.8 Å². The highest BCUT2D eigenvalue weighted by atomic mass is 35.5. The number of amides is 1. The molecule has 4 heterocycles. The number of pyridine rings is 1. The van der Waals surface area contributed by atoms with E-state index in [1.807, 2.05) is 31.3 Å². The lowest BCUT2D eigenvalue weighted by Crippen LogP contribution is -2.46. The molecule has 2 aromatic heterocycles. The summed E-state index contributed by atoms with van der Waals surface area (Å²) in [6, 6.07) is 5.76. The maximum Gasteiger partial charge on any atom is 0.263 e. The van der Waals surface area contributed by atoms with E-state index >= 15 is 0 Å². The number of hydrogen-bond acceptors (Lipinski definition) is 6. The molecule has 2 aliphatic heterocycles. The van der Waals surface area contributed by atoms with E-state index < -0.39 is 0 Å². The zero-order valence-electron chi connectivity index (χ0n) is 18.3. The highest BCUT2D eigenvalue weighted by Crippen LogP contribution is 2.17. The Kier molecular flexibility index (Phi) is 9.93. The molecule has 0 spiro atoms. The quantitative estimate of drug-likeness (QED) is 0.678. The van der Waals surface area contributed by atoms with Crippen LogP contribution in [0.1, 0.15) is 41.6 Å². The van der Waals surface area contributed by atoms with Gasteiger partial charge in [-0.25, -0.2) is 0 Å². The molecule has 0 bridgehead atoms. The monoisotopic (exact) mass is 482 g/mol. The van der Waals surface area contributed by atoms with E-state index in [1.165, 1.54) is 0 Å². The van der Waals surface area contributed by atoms with Crippen molar-refractivity contribution in [2.45, 2.75) is 45.2 Å². The number of carbonyl (C=O) groups is 1. The summed E-state index contributed by atoms with van der Waals surface area (Å²) in [6.07, 6.45) is 7.36. The van der Waals surface area contributed by atoms with Gasteiger partial charge in [0.2, 0.25) is 0 Å². The summed E-state index contributed by atoms with van der Waals surface area (Å²) in [6.45, 7) is 6.06. The normalized spacial score (nSPS) is 18.9. The molecule has 1 atom stereocenters. The number of hydrogen-bond donors (Lipinski definition) is 2. The standard InChI is InChI=1S/C22H30N6O2.2ClH/c1-16-6-11-28(15-17-4-2-9-23-14-17)22(30)20(16)21(29)25-18-7-12-27(13-8-18)19-5-3-10-24-26-19;;/h3,5-6,10-11,17-18,23H,2,4,7-9,12-15H2,1H3,(H,25,29);2*1H. The van der Waals surface area contributed by atoms with Gasteiger partial charge < -0.3 is 20.1 Å². The lowest BCUT2D eigenvalue weighted by Gasteiger charge is -2.32. The van der Waals surface area contributed by atoms with Crippen LogP contribution < -0.4 is 21.1 Å². The van der Waals surface area contributed by atoms with Crippen molar-refractivity contribution in [1.29, 1.82) is 0 Å². The Morgan fingerprint density at radius 1 is 1.22 bits per heavy atom. The number of nitrogens with zero attached hydrogens (tertiary/aromatic N) is 4. The van der Waals surface area contributed by atoms with Crippen LogP contribution in [0.5, 0.6) is 0 Å². The van der Waals surface area contributed by atoms with Gasteiger partial charge in [0.1, 0.15) is 5.56 Å². The third-order valence-corrected chi connectivity index (χ3v) is 6.17. The number of piperidine rings is 2. The molecule has 8 nitrogen and oxygen atoms in total. The predicted octanol–water partition coefficient (Wildman–Crippen LogP) is 2.19. The van der Waals surface area contributed by atoms with E-state index in [1.54, 1.807) is 10.8 Å². The van der Waals surface area contributed by atoms with Crippen molar-refractivity contribution in [3.05, 3.63) is 52.1 Å². The molecule has 2 N–H and O–H groups in total. The molecule has 0 aromatic carbocycles. The third kappa shape index (κ3) is 6.21. The summed E-state index contributed by atoms with van der Waals surface area (Å²) in [5.41, 5.74) is 0.820. The maximum atomic E-state index is 13.0. The fourth-order valence-electron chi connectivity index (χ4n) is 4.42. The van der Waals surface area contributed by atoms with Gasteiger partial charge in [0.05, 0.1) is 0 Å². The van der Waals surface area contributed by atoms with Crippen molar-refractivity contribution in [3.8, 4) is 0 Å². The van der Waals surface area contributed by atoms with Gasteiger partial charge in [-0.3, -0.25) is 9.59 Å². The van der Waals surface area contributed by atoms with E-state index in [2.05, 4.69) is 25.7 Å². The number of aryl methyl sites for hydroxylation is 1. The Balaban J connectivity index is 0.00000181. The van der Waals surface area contributed by atoms with Crippen LogP contribution in [0.15, 0.2) is 35.4 Å². The van der Waals surface area contributed by atoms with Crippen molar-refractivity contribution >= 4 is 36.5 Å². The van der Waals surface area contributed by atoms with E-state index in [0.717, 1.165) is 63.2 Å². The largest absolute Gasteiger partial charge is 0.355 e. The Morgan fingerprint density at radius 2 is 2.00 bits per heavy atom. The fraction of sp³-hybridized carbons (Fsp3) is 0.545. The minimum absolute atomic E-state index is 0. The SMILES string of the molecule is Cc1ccn(CC2CCCNC2)c(=O)c1C(=O)NC1CCN(c2cccnn2)CC1.Cl.Cl. The minimum atomic E-state index is -0.258. The summed E-state index contributed by atoms with van der Waals surface area (Å²) in [4.78, 5) is 28.2. The van der Waals surface area contributed by atoms with Gasteiger partial charge in [-0.1, -0.05) is 0 Å². The molecular formula is C22H32Cl2N6O2. The predicted molar refractivity (Wildman–Crippen MR) is 130 cm³/mol. The van der Waals surface area contributed by atoms with Crippen LogP contribution in [-0.4, -0.2) is 52.9 Å². The topological polar surface area (TPSA) is 92.2 Å². The van der Waals surface area contributed by atoms with Crippen molar-refractivity contribution in [3.63, 3.8) is 0 Å². The Labute approximate surface area is 201 Å². The molecule has 0 aliphatic carbocycles. The Hall–Kier alpha value is -2.16. The third-order valence-electron chi connectivity index (χ3n) is 6.17. The first-order valence-corrected chi connectivity index (χ1v) is 10.9. The van der Waals surface area contributed by atoms with Crippen molar-refractivity contribution in [1.82, 2.24) is 25.4 Å². The highest BCUT2D eigenvalue weighted by molar-refractivity contribution is 5.95. The van der Waals surface area contributed by atoms with Gasteiger partial charge >= 0.3 is 0 Å². The smallest absolute Gasteiger partial charge is 0.263 e. The van der Waals surface area contributed by atoms with Crippen LogP contribution in [-0.2, 0) is 6.54 Å². The Morgan fingerprint density at radius 3 is 2.66 bits per heavy atom. The molecule has 176 valence electrons.